The van der Waals surface area contributed by atoms with E-state index in [0.717, 1.165) is 25.7 Å². The first-order valence-corrected chi connectivity index (χ1v) is 7.57. The molecule has 1 heterocycles. The lowest BCUT2D eigenvalue weighted by Crippen LogP contribution is -2.46. The molecule has 1 saturated heterocycles. The topological polar surface area (TPSA) is 46.2 Å². The first-order chi connectivity index (χ1) is 9.72. The Kier molecular flexibility index (Phi) is 5.87. The molecule has 0 aromatic carbocycles. The van der Waals surface area contributed by atoms with Gasteiger partial charge in [-0.2, -0.15) is 0 Å². The normalized spacial score (nSPS) is 36.0. The lowest BCUT2D eigenvalue weighted by atomic mass is 9.82. The van der Waals surface area contributed by atoms with Crippen LogP contribution in [0.15, 0.2) is 0 Å². The molecule has 2 fully saturated rings. The summed E-state index contributed by atoms with van der Waals surface area (Å²) in [5.41, 5.74) is -0.410. The number of ether oxygens (including phenoxy) is 3. The van der Waals surface area contributed by atoms with Gasteiger partial charge >= 0.3 is 7.69 Å². The summed E-state index contributed by atoms with van der Waals surface area (Å²) in [6.45, 7) is 6.76. The highest BCUT2D eigenvalue weighted by atomic mass is 16.7. The molecule has 2 aliphatic rings. The number of methoxy groups -OCH3 is 1. The maximum atomic E-state index is 5.93. The lowest BCUT2D eigenvalue weighted by molar-refractivity contribution is -0.0281. The Balaban J connectivity index is 1.76. The molecular formula is C14H26BO5. The van der Waals surface area contributed by atoms with Gasteiger partial charge in [-0.3, -0.25) is 0 Å². The average molecular weight is 285 g/mol. The van der Waals surface area contributed by atoms with Gasteiger partial charge in [-0.15, -0.1) is 0 Å². The molecule has 0 aromatic rings. The zero-order chi connectivity index (χ0) is 14.5. The molecule has 0 spiro atoms. The second kappa shape index (κ2) is 7.23. The average Bonchev–Trinajstić information content (AvgIpc) is 2.95. The van der Waals surface area contributed by atoms with Crippen molar-refractivity contribution >= 4 is 7.69 Å². The quantitative estimate of drug-likeness (QED) is 0.476. The number of hydrogen-bond donors (Lipinski definition) is 0. The predicted molar refractivity (Wildman–Crippen MR) is 75.6 cm³/mol. The summed E-state index contributed by atoms with van der Waals surface area (Å²) in [7, 11) is 3.19. The molecule has 5 nitrogen and oxygen atoms in total. The third-order valence-corrected chi connectivity index (χ3v) is 4.65. The van der Waals surface area contributed by atoms with Crippen molar-refractivity contribution in [3.63, 3.8) is 0 Å². The van der Waals surface area contributed by atoms with Crippen molar-refractivity contribution in [3.8, 4) is 0 Å². The molecule has 1 saturated carbocycles. The van der Waals surface area contributed by atoms with Crippen molar-refractivity contribution in [2.24, 2.45) is 0 Å². The molecule has 1 aliphatic carbocycles. The van der Waals surface area contributed by atoms with Crippen molar-refractivity contribution in [2.45, 2.75) is 56.8 Å². The number of fused-ring (bicyclic) bond motifs is 1. The van der Waals surface area contributed by atoms with E-state index in [1.54, 1.807) is 7.11 Å². The summed E-state index contributed by atoms with van der Waals surface area (Å²) in [6.07, 6.45) is 3.87. The summed E-state index contributed by atoms with van der Waals surface area (Å²) < 4.78 is 27.9. The van der Waals surface area contributed by atoms with E-state index >= 15 is 0 Å². The smallest absolute Gasteiger partial charge is 0.405 e. The first-order valence-electron chi connectivity index (χ1n) is 7.57. The van der Waals surface area contributed by atoms with E-state index in [1.807, 2.05) is 0 Å². The first kappa shape index (κ1) is 16.2. The van der Waals surface area contributed by atoms with Gasteiger partial charge in [0.25, 0.3) is 0 Å². The van der Waals surface area contributed by atoms with Gasteiger partial charge < -0.3 is 23.5 Å². The van der Waals surface area contributed by atoms with Crippen molar-refractivity contribution in [1.82, 2.24) is 0 Å². The second-order valence-corrected chi connectivity index (χ2v) is 5.53. The van der Waals surface area contributed by atoms with Crippen LogP contribution >= 0.6 is 0 Å². The van der Waals surface area contributed by atoms with Gasteiger partial charge in [0.2, 0.25) is 0 Å². The Morgan fingerprint density at radius 2 is 1.60 bits per heavy atom. The zero-order valence-electron chi connectivity index (χ0n) is 12.9. The largest absolute Gasteiger partial charge is 0.489 e. The molecule has 1 unspecified atom stereocenters. The van der Waals surface area contributed by atoms with Crippen LogP contribution in [-0.2, 0) is 23.5 Å². The lowest BCUT2D eigenvalue weighted by Gasteiger charge is -2.37. The molecule has 0 aromatic heterocycles. The van der Waals surface area contributed by atoms with E-state index in [0.29, 0.717) is 26.4 Å². The van der Waals surface area contributed by atoms with Crippen LogP contribution in [-0.4, -0.2) is 58.5 Å². The van der Waals surface area contributed by atoms with Crippen LogP contribution in [0.25, 0.3) is 0 Å². The van der Waals surface area contributed by atoms with Gasteiger partial charge in [0.1, 0.15) is 0 Å². The summed E-state index contributed by atoms with van der Waals surface area (Å²) in [5, 5.41) is 0. The predicted octanol–water partition coefficient (Wildman–Crippen LogP) is 1.71. The van der Waals surface area contributed by atoms with Crippen LogP contribution in [0.1, 0.15) is 39.5 Å². The minimum Gasteiger partial charge on any atom is -0.405 e. The van der Waals surface area contributed by atoms with E-state index in [2.05, 4.69) is 13.8 Å². The SMILES string of the molecule is CC[C@@]12CC(OCCOCCOC)C[C@]1(CC)O[B]O2. The highest BCUT2D eigenvalue weighted by Gasteiger charge is 2.62. The van der Waals surface area contributed by atoms with Gasteiger partial charge in [-0.25, -0.2) is 0 Å². The molecule has 3 atom stereocenters. The van der Waals surface area contributed by atoms with Crippen molar-refractivity contribution in [1.29, 1.82) is 0 Å². The van der Waals surface area contributed by atoms with Gasteiger partial charge in [-0.05, 0) is 12.8 Å². The molecular weight excluding hydrogens is 259 g/mol. The Morgan fingerprint density at radius 3 is 2.15 bits per heavy atom. The van der Waals surface area contributed by atoms with Crippen LogP contribution < -0.4 is 0 Å². The Hall–Kier alpha value is -0.135. The van der Waals surface area contributed by atoms with Crippen LogP contribution in [0, 0.1) is 0 Å². The van der Waals surface area contributed by atoms with E-state index in [4.69, 9.17) is 23.5 Å². The Bertz CT molecular complexity index is 283. The fourth-order valence-electron chi connectivity index (χ4n) is 3.43. The summed E-state index contributed by atoms with van der Waals surface area (Å²) in [5.74, 6) is 0. The van der Waals surface area contributed by atoms with Gasteiger partial charge in [-0.1, -0.05) is 13.8 Å². The fraction of sp³-hybridized carbons (Fsp3) is 1.00. The summed E-state index contributed by atoms with van der Waals surface area (Å²) in [6, 6.07) is 0. The third kappa shape index (κ3) is 3.04. The second-order valence-electron chi connectivity index (χ2n) is 5.53. The van der Waals surface area contributed by atoms with E-state index in [1.165, 1.54) is 7.69 Å². The van der Waals surface area contributed by atoms with E-state index in [-0.39, 0.29) is 17.3 Å². The molecule has 0 bridgehead atoms. The Morgan fingerprint density at radius 1 is 1.00 bits per heavy atom. The Labute approximate surface area is 122 Å². The number of rotatable bonds is 9. The van der Waals surface area contributed by atoms with Gasteiger partial charge in [0, 0.05) is 20.0 Å². The molecule has 20 heavy (non-hydrogen) atoms. The zero-order valence-corrected chi connectivity index (χ0v) is 12.9. The summed E-state index contributed by atoms with van der Waals surface area (Å²) >= 11 is 0. The highest BCUT2D eigenvalue weighted by Crippen LogP contribution is 2.52. The van der Waals surface area contributed by atoms with Crippen LogP contribution in [0.5, 0.6) is 0 Å². The van der Waals surface area contributed by atoms with Crippen LogP contribution in [0.3, 0.4) is 0 Å². The summed E-state index contributed by atoms with van der Waals surface area (Å²) in [4.78, 5) is 0. The standard InChI is InChI=1S/C14H26BO5/c1-4-13-10-12(18-9-8-17-7-6-16-3)11-14(13,5-2)20-15-19-13/h12H,4-11H2,1-3H3/t12?,13-,14+. The minimum atomic E-state index is -0.205. The molecule has 0 N–H and O–H groups in total. The van der Waals surface area contributed by atoms with Crippen molar-refractivity contribution < 1.29 is 23.5 Å². The molecule has 6 heteroatoms. The van der Waals surface area contributed by atoms with E-state index < -0.39 is 0 Å². The molecule has 0 amide bonds. The van der Waals surface area contributed by atoms with Crippen molar-refractivity contribution in [2.75, 3.05) is 33.5 Å². The number of hydrogen-bond acceptors (Lipinski definition) is 5. The van der Waals surface area contributed by atoms with Crippen LogP contribution in [0.2, 0.25) is 0 Å². The monoisotopic (exact) mass is 285 g/mol. The molecule has 1 radical (unpaired) electrons. The van der Waals surface area contributed by atoms with Crippen LogP contribution in [0.4, 0.5) is 0 Å². The highest BCUT2D eigenvalue weighted by molar-refractivity contribution is 6.19. The molecule has 1 aliphatic heterocycles. The van der Waals surface area contributed by atoms with Gasteiger partial charge in [0.05, 0.1) is 43.7 Å². The molecule has 2 rings (SSSR count). The van der Waals surface area contributed by atoms with Crippen molar-refractivity contribution in [3.05, 3.63) is 0 Å². The minimum absolute atomic E-state index is 0.189. The third-order valence-electron chi connectivity index (χ3n) is 4.65. The molecule has 115 valence electrons. The maximum Gasteiger partial charge on any atom is 0.489 e. The van der Waals surface area contributed by atoms with Gasteiger partial charge in [0.15, 0.2) is 0 Å². The maximum absolute atomic E-state index is 5.93. The van der Waals surface area contributed by atoms with E-state index in [9.17, 15) is 0 Å². The fourth-order valence-corrected chi connectivity index (χ4v) is 3.43.